The highest BCUT2D eigenvalue weighted by Crippen LogP contribution is 2.44. The van der Waals surface area contributed by atoms with E-state index in [0.29, 0.717) is 29.4 Å². The molecule has 6 nitrogen and oxygen atoms in total. The van der Waals surface area contributed by atoms with Crippen molar-refractivity contribution in [2.45, 2.75) is 19.9 Å². The largest absolute Gasteiger partial charge is 0.497 e. The average Bonchev–Trinajstić information content (AvgIpc) is 3.07. The van der Waals surface area contributed by atoms with Crippen LogP contribution in [0.15, 0.2) is 46.1 Å². The van der Waals surface area contributed by atoms with Crippen molar-refractivity contribution in [3.8, 4) is 11.5 Å². The molecule has 2 heterocycles. The van der Waals surface area contributed by atoms with Gasteiger partial charge in [-0.2, -0.15) is 0 Å². The first-order valence-corrected chi connectivity index (χ1v) is 8.78. The van der Waals surface area contributed by atoms with Crippen molar-refractivity contribution in [2.75, 3.05) is 20.8 Å². The van der Waals surface area contributed by atoms with Crippen molar-refractivity contribution >= 4 is 22.9 Å². The molecule has 0 spiro atoms. The van der Waals surface area contributed by atoms with Gasteiger partial charge < -0.3 is 19.1 Å². The molecule has 0 bridgehead atoms. The van der Waals surface area contributed by atoms with Crippen molar-refractivity contribution in [3.05, 3.63) is 46.6 Å². The number of rotatable bonds is 5. The van der Waals surface area contributed by atoms with Crippen LogP contribution in [0.1, 0.15) is 25.5 Å². The Hall–Kier alpha value is -2.41. The fraction of sp³-hybridized carbons (Fsp3) is 0.333. The molecule has 1 unspecified atom stereocenters. The van der Waals surface area contributed by atoms with E-state index in [-0.39, 0.29) is 12.0 Å². The molecule has 7 heteroatoms. The van der Waals surface area contributed by atoms with Crippen LogP contribution >= 0.6 is 11.8 Å². The zero-order valence-corrected chi connectivity index (χ0v) is 15.4. The monoisotopic (exact) mass is 360 g/mol. The molecule has 2 aliphatic rings. The maximum absolute atomic E-state index is 12.7. The number of methoxy groups -OCH3 is 2. The number of esters is 1. The number of nitrogens with zero attached hydrogens (tertiary/aromatic N) is 2. The number of ether oxygens (including phenoxy) is 3. The lowest BCUT2D eigenvalue weighted by atomic mass is 9.94. The minimum Gasteiger partial charge on any atom is -0.497 e. The normalized spacial score (nSPS) is 18.8. The van der Waals surface area contributed by atoms with Gasteiger partial charge in [-0.15, -0.1) is 0 Å². The minimum atomic E-state index is -0.386. The first kappa shape index (κ1) is 17.4. The standard InChI is InChI=1S/C18H20N2O4S/c1-5-24-17(21)15-11(2)19-18-20(8-9-25-18)16(15)13-10-12(22-3)6-7-14(13)23-4/h6-10,16H,5H2,1-4H3. The molecule has 0 N–H and O–H groups in total. The molecular weight excluding hydrogens is 340 g/mol. The van der Waals surface area contributed by atoms with Gasteiger partial charge in [0, 0.05) is 11.8 Å². The minimum absolute atomic E-state index is 0.304. The Morgan fingerprint density at radius 3 is 2.80 bits per heavy atom. The average molecular weight is 360 g/mol. The predicted octanol–water partition coefficient (Wildman–Crippen LogP) is 3.47. The molecule has 0 fully saturated rings. The molecule has 1 aromatic carbocycles. The second kappa shape index (κ2) is 7.23. The molecule has 0 saturated carbocycles. The SMILES string of the molecule is CCOC(=O)C1=C(C)N=C2SC=CN2C1c1cc(OC)ccc1OC. The quantitative estimate of drug-likeness (QED) is 0.750. The van der Waals surface area contributed by atoms with Gasteiger partial charge in [0.25, 0.3) is 0 Å². The van der Waals surface area contributed by atoms with E-state index >= 15 is 0 Å². The van der Waals surface area contributed by atoms with E-state index in [1.54, 1.807) is 21.1 Å². The molecule has 1 aromatic rings. The number of aliphatic imine (C=N–C) groups is 1. The zero-order chi connectivity index (χ0) is 18.0. The summed E-state index contributed by atoms with van der Waals surface area (Å²) in [5.41, 5.74) is 1.98. The Kier molecular flexibility index (Phi) is 5.03. The zero-order valence-electron chi connectivity index (χ0n) is 14.6. The molecule has 2 aliphatic heterocycles. The van der Waals surface area contributed by atoms with Gasteiger partial charge >= 0.3 is 5.97 Å². The number of hydrogen-bond acceptors (Lipinski definition) is 7. The van der Waals surface area contributed by atoms with Crippen molar-refractivity contribution < 1.29 is 19.0 Å². The highest BCUT2D eigenvalue weighted by Gasteiger charge is 2.39. The Bertz CT molecular complexity index is 785. The third-order valence-corrected chi connectivity index (χ3v) is 4.82. The summed E-state index contributed by atoms with van der Waals surface area (Å²) in [7, 11) is 3.22. The lowest BCUT2D eigenvalue weighted by Crippen LogP contribution is -2.34. The summed E-state index contributed by atoms with van der Waals surface area (Å²) < 4.78 is 16.2. The van der Waals surface area contributed by atoms with Crippen molar-refractivity contribution in [1.29, 1.82) is 0 Å². The summed E-state index contributed by atoms with van der Waals surface area (Å²) >= 11 is 1.52. The number of carbonyl (C=O) groups is 1. The van der Waals surface area contributed by atoms with Crippen LogP contribution in [0.25, 0.3) is 0 Å². The maximum Gasteiger partial charge on any atom is 0.338 e. The van der Waals surface area contributed by atoms with Crippen LogP contribution in [-0.2, 0) is 9.53 Å². The number of carbonyl (C=O) groups excluding carboxylic acids is 1. The summed E-state index contributed by atoms with van der Waals surface area (Å²) in [4.78, 5) is 19.2. The highest BCUT2D eigenvalue weighted by atomic mass is 32.2. The summed E-state index contributed by atoms with van der Waals surface area (Å²) in [5.74, 6) is 0.992. The van der Waals surface area contributed by atoms with E-state index in [1.165, 1.54) is 11.8 Å². The van der Waals surface area contributed by atoms with Gasteiger partial charge in [-0.05, 0) is 37.5 Å². The number of benzene rings is 1. The predicted molar refractivity (Wildman–Crippen MR) is 97.6 cm³/mol. The van der Waals surface area contributed by atoms with Gasteiger partial charge in [-0.25, -0.2) is 9.79 Å². The van der Waals surface area contributed by atoms with E-state index in [4.69, 9.17) is 14.2 Å². The second-order valence-electron chi connectivity index (χ2n) is 5.43. The van der Waals surface area contributed by atoms with Gasteiger partial charge in [-0.1, -0.05) is 11.8 Å². The molecule has 3 rings (SSSR count). The van der Waals surface area contributed by atoms with Crippen LogP contribution in [0.4, 0.5) is 0 Å². The number of allylic oxidation sites excluding steroid dienone is 1. The first-order valence-electron chi connectivity index (χ1n) is 7.90. The number of thioether (sulfide) groups is 1. The number of amidine groups is 1. The molecule has 0 amide bonds. The van der Waals surface area contributed by atoms with Crippen molar-refractivity contribution in [2.24, 2.45) is 4.99 Å². The Morgan fingerprint density at radius 2 is 2.12 bits per heavy atom. The fourth-order valence-electron chi connectivity index (χ4n) is 2.93. The highest BCUT2D eigenvalue weighted by molar-refractivity contribution is 8.16. The first-order chi connectivity index (χ1) is 12.1. The summed E-state index contributed by atoms with van der Waals surface area (Å²) in [6, 6.07) is 5.17. The van der Waals surface area contributed by atoms with Crippen LogP contribution in [0.5, 0.6) is 11.5 Å². The van der Waals surface area contributed by atoms with Crippen molar-refractivity contribution in [1.82, 2.24) is 4.90 Å². The van der Waals surface area contributed by atoms with Crippen LogP contribution in [0.3, 0.4) is 0 Å². The molecule has 25 heavy (non-hydrogen) atoms. The van der Waals surface area contributed by atoms with Gasteiger partial charge in [0.2, 0.25) is 0 Å². The van der Waals surface area contributed by atoms with Crippen LogP contribution in [0, 0.1) is 0 Å². The molecular formula is C18H20N2O4S. The van der Waals surface area contributed by atoms with Gasteiger partial charge in [0.1, 0.15) is 11.5 Å². The van der Waals surface area contributed by atoms with E-state index in [2.05, 4.69) is 4.99 Å². The molecule has 0 saturated heterocycles. The Morgan fingerprint density at radius 1 is 1.32 bits per heavy atom. The fourth-order valence-corrected chi connectivity index (χ4v) is 3.72. The summed E-state index contributed by atoms with van der Waals surface area (Å²) in [5, 5.41) is 2.76. The van der Waals surface area contributed by atoms with E-state index in [9.17, 15) is 4.79 Å². The second-order valence-corrected chi connectivity index (χ2v) is 6.31. The van der Waals surface area contributed by atoms with Gasteiger partial charge in [0.15, 0.2) is 5.17 Å². The number of fused-ring (bicyclic) bond motifs is 1. The summed E-state index contributed by atoms with van der Waals surface area (Å²) in [6.45, 7) is 3.92. The lowest BCUT2D eigenvalue weighted by molar-refractivity contribution is -0.139. The Balaban J connectivity index is 2.18. The maximum atomic E-state index is 12.7. The van der Waals surface area contributed by atoms with Gasteiger partial charge in [-0.3, -0.25) is 0 Å². The molecule has 0 radical (unpaired) electrons. The van der Waals surface area contributed by atoms with Crippen molar-refractivity contribution in [3.63, 3.8) is 0 Å². The summed E-state index contributed by atoms with van der Waals surface area (Å²) in [6.07, 6.45) is 1.92. The third kappa shape index (κ3) is 3.11. The van der Waals surface area contributed by atoms with Crippen LogP contribution in [0.2, 0.25) is 0 Å². The van der Waals surface area contributed by atoms with Crippen LogP contribution in [-0.4, -0.2) is 36.9 Å². The smallest absolute Gasteiger partial charge is 0.338 e. The third-order valence-electron chi connectivity index (χ3n) is 4.05. The lowest BCUT2D eigenvalue weighted by Gasteiger charge is -2.34. The molecule has 1 atom stereocenters. The van der Waals surface area contributed by atoms with Crippen LogP contribution < -0.4 is 9.47 Å². The molecule has 132 valence electrons. The van der Waals surface area contributed by atoms with E-state index in [0.717, 1.165) is 10.7 Å². The van der Waals surface area contributed by atoms with E-state index in [1.807, 2.05) is 41.6 Å². The Labute approximate surface area is 151 Å². The molecule has 0 aliphatic carbocycles. The molecule has 0 aromatic heterocycles. The number of hydrogen-bond donors (Lipinski definition) is 0. The van der Waals surface area contributed by atoms with E-state index < -0.39 is 0 Å². The topological polar surface area (TPSA) is 60.4 Å². The van der Waals surface area contributed by atoms with Gasteiger partial charge in [0.05, 0.1) is 38.1 Å².